The second kappa shape index (κ2) is 6.80. The largest absolute Gasteiger partial charge is 0.355 e. The average molecular weight is 213 g/mol. The lowest BCUT2D eigenvalue weighted by atomic mass is 10.2. The molecular formula is C11H23N3O. The number of amides is 1. The SMILES string of the molecule is CCCCNC(=O)C(C)N1CCNCC1. The third-order valence-electron chi connectivity index (χ3n) is 2.91. The number of hydrogen-bond acceptors (Lipinski definition) is 3. The molecule has 1 atom stereocenters. The van der Waals surface area contributed by atoms with Crippen LogP contribution in [0.25, 0.3) is 0 Å². The van der Waals surface area contributed by atoms with Crippen LogP contribution >= 0.6 is 0 Å². The van der Waals surface area contributed by atoms with Gasteiger partial charge in [0.15, 0.2) is 0 Å². The first-order valence-electron chi connectivity index (χ1n) is 5.98. The van der Waals surface area contributed by atoms with Gasteiger partial charge in [0.05, 0.1) is 6.04 Å². The first-order chi connectivity index (χ1) is 7.25. The van der Waals surface area contributed by atoms with Crippen molar-refractivity contribution >= 4 is 5.91 Å². The van der Waals surface area contributed by atoms with Crippen molar-refractivity contribution in [1.82, 2.24) is 15.5 Å². The lowest BCUT2D eigenvalue weighted by Crippen LogP contribution is -2.52. The molecule has 15 heavy (non-hydrogen) atoms. The molecule has 0 aromatic heterocycles. The molecule has 1 unspecified atom stereocenters. The van der Waals surface area contributed by atoms with Gasteiger partial charge in [-0.25, -0.2) is 0 Å². The van der Waals surface area contributed by atoms with Crippen molar-refractivity contribution in [3.63, 3.8) is 0 Å². The predicted molar refractivity (Wildman–Crippen MR) is 61.8 cm³/mol. The molecule has 0 radical (unpaired) electrons. The minimum Gasteiger partial charge on any atom is -0.355 e. The monoisotopic (exact) mass is 213 g/mol. The molecule has 1 rings (SSSR count). The standard InChI is InChI=1S/C11H23N3O/c1-3-4-5-13-11(15)10(2)14-8-6-12-7-9-14/h10,12H,3-9H2,1-2H3,(H,13,15). The Hall–Kier alpha value is -0.610. The van der Waals surface area contributed by atoms with Gasteiger partial charge >= 0.3 is 0 Å². The highest BCUT2D eigenvalue weighted by molar-refractivity contribution is 5.81. The maximum atomic E-state index is 11.7. The number of hydrogen-bond donors (Lipinski definition) is 2. The summed E-state index contributed by atoms with van der Waals surface area (Å²) in [5.41, 5.74) is 0. The van der Waals surface area contributed by atoms with Crippen molar-refractivity contribution in [1.29, 1.82) is 0 Å². The van der Waals surface area contributed by atoms with E-state index in [1.807, 2.05) is 6.92 Å². The number of unbranched alkanes of at least 4 members (excludes halogenated alkanes) is 1. The van der Waals surface area contributed by atoms with E-state index < -0.39 is 0 Å². The maximum absolute atomic E-state index is 11.7. The van der Waals surface area contributed by atoms with E-state index >= 15 is 0 Å². The van der Waals surface area contributed by atoms with Crippen molar-refractivity contribution in [2.24, 2.45) is 0 Å². The Morgan fingerprint density at radius 1 is 1.47 bits per heavy atom. The van der Waals surface area contributed by atoms with Gasteiger partial charge in [0.1, 0.15) is 0 Å². The lowest BCUT2D eigenvalue weighted by Gasteiger charge is -2.31. The minimum atomic E-state index is 0.0176. The highest BCUT2D eigenvalue weighted by Crippen LogP contribution is 2.00. The normalized spacial score (nSPS) is 19.9. The summed E-state index contributed by atoms with van der Waals surface area (Å²) in [4.78, 5) is 14.0. The van der Waals surface area contributed by atoms with Crippen LogP contribution in [0.2, 0.25) is 0 Å². The number of carbonyl (C=O) groups excluding carboxylic acids is 1. The summed E-state index contributed by atoms with van der Waals surface area (Å²) in [5.74, 6) is 0.172. The zero-order valence-electron chi connectivity index (χ0n) is 9.88. The summed E-state index contributed by atoms with van der Waals surface area (Å²) in [5, 5.41) is 6.27. The van der Waals surface area contributed by atoms with E-state index in [1.165, 1.54) is 0 Å². The van der Waals surface area contributed by atoms with Crippen LogP contribution in [0.4, 0.5) is 0 Å². The zero-order chi connectivity index (χ0) is 11.1. The summed E-state index contributed by atoms with van der Waals surface area (Å²) < 4.78 is 0. The summed E-state index contributed by atoms with van der Waals surface area (Å²) >= 11 is 0. The molecule has 0 aromatic rings. The fraction of sp³-hybridized carbons (Fsp3) is 0.909. The molecule has 2 N–H and O–H groups in total. The second-order valence-corrected chi connectivity index (χ2v) is 4.11. The number of nitrogens with zero attached hydrogens (tertiary/aromatic N) is 1. The molecule has 88 valence electrons. The fourth-order valence-corrected chi connectivity index (χ4v) is 1.77. The highest BCUT2D eigenvalue weighted by atomic mass is 16.2. The van der Waals surface area contributed by atoms with Gasteiger partial charge in [-0.15, -0.1) is 0 Å². The van der Waals surface area contributed by atoms with Crippen LogP contribution < -0.4 is 10.6 Å². The number of rotatable bonds is 5. The Morgan fingerprint density at radius 3 is 2.73 bits per heavy atom. The van der Waals surface area contributed by atoms with Crippen molar-refractivity contribution in [2.45, 2.75) is 32.7 Å². The zero-order valence-corrected chi connectivity index (χ0v) is 9.88. The van der Waals surface area contributed by atoms with E-state index in [0.717, 1.165) is 45.6 Å². The molecule has 4 heteroatoms. The molecule has 1 aliphatic heterocycles. The topological polar surface area (TPSA) is 44.4 Å². The molecule has 0 saturated carbocycles. The summed E-state index contributed by atoms with van der Waals surface area (Å²) in [6.07, 6.45) is 2.20. The van der Waals surface area contributed by atoms with Gasteiger partial charge in [-0.3, -0.25) is 9.69 Å². The quantitative estimate of drug-likeness (QED) is 0.641. The highest BCUT2D eigenvalue weighted by Gasteiger charge is 2.21. The third-order valence-corrected chi connectivity index (χ3v) is 2.91. The molecule has 0 aliphatic carbocycles. The van der Waals surface area contributed by atoms with Crippen LogP contribution in [0, 0.1) is 0 Å². The first kappa shape index (κ1) is 12.5. The van der Waals surface area contributed by atoms with Gasteiger partial charge in [-0.1, -0.05) is 13.3 Å². The minimum absolute atomic E-state index is 0.0176. The molecule has 0 spiro atoms. The third kappa shape index (κ3) is 4.18. The van der Waals surface area contributed by atoms with E-state index in [9.17, 15) is 4.79 Å². The maximum Gasteiger partial charge on any atom is 0.237 e. The van der Waals surface area contributed by atoms with Gasteiger partial charge in [0.25, 0.3) is 0 Å². The van der Waals surface area contributed by atoms with Crippen molar-refractivity contribution < 1.29 is 4.79 Å². The summed E-state index contributed by atoms with van der Waals surface area (Å²) in [7, 11) is 0. The van der Waals surface area contributed by atoms with Crippen LogP contribution in [-0.4, -0.2) is 49.6 Å². The molecule has 1 heterocycles. The van der Waals surface area contributed by atoms with E-state index in [0.29, 0.717) is 0 Å². The molecule has 1 aliphatic rings. The number of carbonyl (C=O) groups is 1. The lowest BCUT2D eigenvalue weighted by molar-refractivity contribution is -0.126. The smallest absolute Gasteiger partial charge is 0.237 e. The van der Waals surface area contributed by atoms with E-state index in [2.05, 4.69) is 22.5 Å². The van der Waals surface area contributed by atoms with Crippen LogP contribution in [0.1, 0.15) is 26.7 Å². The number of nitrogens with one attached hydrogen (secondary N) is 2. The summed E-state index contributed by atoms with van der Waals surface area (Å²) in [6, 6.07) is 0.0176. The summed E-state index contributed by atoms with van der Waals surface area (Å²) in [6.45, 7) is 8.87. The van der Waals surface area contributed by atoms with Crippen LogP contribution in [0.3, 0.4) is 0 Å². The van der Waals surface area contributed by atoms with E-state index in [1.54, 1.807) is 0 Å². The van der Waals surface area contributed by atoms with Gasteiger partial charge in [-0.05, 0) is 13.3 Å². The molecule has 4 nitrogen and oxygen atoms in total. The molecular weight excluding hydrogens is 190 g/mol. The molecule has 0 aromatic carbocycles. The van der Waals surface area contributed by atoms with Crippen LogP contribution in [-0.2, 0) is 4.79 Å². The van der Waals surface area contributed by atoms with Crippen LogP contribution in [0.15, 0.2) is 0 Å². The van der Waals surface area contributed by atoms with Gasteiger partial charge in [0.2, 0.25) is 5.91 Å². The Morgan fingerprint density at radius 2 is 2.13 bits per heavy atom. The van der Waals surface area contributed by atoms with E-state index in [4.69, 9.17) is 0 Å². The Bertz CT molecular complexity index is 190. The molecule has 1 fully saturated rings. The Balaban J connectivity index is 2.24. The molecule has 1 saturated heterocycles. The predicted octanol–water partition coefficient (Wildman–Crippen LogP) is 0.196. The Labute approximate surface area is 92.4 Å². The van der Waals surface area contributed by atoms with Gasteiger partial charge < -0.3 is 10.6 Å². The fourth-order valence-electron chi connectivity index (χ4n) is 1.77. The second-order valence-electron chi connectivity index (χ2n) is 4.11. The number of piperazine rings is 1. The van der Waals surface area contributed by atoms with Crippen molar-refractivity contribution in [3.8, 4) is 0 Å². The van der Waals surface area contributed by atoms with Gasteiger partial charge in [0, 0.05) is 32.7 Å². The first-order valence-corrected chi connectivity index (χ1v) is 5.98. The van der Waals surface area contributed by atoms with Crippen LogP contribution in [0.5, 0.6) is 0 Å². The van der Waals surface area contributed by atoms with Crippen molar-refractivity contribution in [3.05, 3.63) is 0 Å². The van der Waals surface area contributed by atoms with E-state index in [-0.39, 0.29) is 11.9 Å². The molecule has 1 amide bonds. The van der Waals surface area contributed by atoms with Crippen molar-refractivity contribution in [2.75, 3.05) is 32.7 Å². The average Bonchev–Trinajstić information content (AvgIpc) is 2.29. The molecule has 0 bridgehead atoms. The van der Waals surface area contributed by atoms with Gasteiger partial charge in [-0.2, -0.15) is 0 Å². The Kier molecular flexibility index (Phi) is 5.65.